The van der Waals surface area contributed by atoms with E-state index in [0.29, 0.717) is 17.7 Å². The largest absolute Gasteiger partial charge is 0.497 e. The van der Waals surface area contributed by atoms with Crippen molar-refractivity contribution in [1.29, 1.82) is 0 Å². The van der Waals surface area contributed by atoms with Crippen molar-refractivity contribution in [2.24, 2.45) is 0 Å². The summed E-state index contributed by atoms with van der Waals surface area (Å²) >= 11 is 0. The quantitative estimate of drug-likeness (QED) is 0.518. The molecule has 4 nitrogen and oxygen atoms in total. The zero-order chi connectivity index (χ0) is 20.2. The van der Waals surface area contributed by atoms with Gasteiger partial charge in [-0.1, -0.05) is 60.7 Å². The summed E-state index contributed by atoms with van der Waals surface area (Å²) < 4.78 is 5.33. The first-order chi connectivity index (χ1) is 14.2. The maximum absolute atomic E-state index is 13.5. The third-order valence-electron chi connectivity index (χ3n) is 5.09. The Kier molecular flexibility index (Phi) is 5.45. The fourth-order valence-corrected chi connectivity index (χ4v) is 3.66. The second-order valence-electron chi connectivity index (χ2n) is 7.24. The Balaban J connectivity index is 1.81. The van der Waals surface area contributed by atoms with E-state index in [0.717, 1.165) is 28.9 Å². The summed E-state index contributed by atoms with van der Waals surface area (Å²) in [6.45, 7) is 1.31. The average Bonchev–Trinajstić information content (AvgIpc) is 2.76. The van der Waals surface area contributed by atoms with Crippen LogP contribution in [0.3, 0.4) is 0 Å². The molecule has 3 aromatic carbocycles. The molecular weight excluding hydrogens is 360 g/mol. The van der Waals surface area contributed by atoms with Crippen molar-refractivity contribution in [2.45, 2.75) is 13.1 Å². The van der Waals surface area contributed by atoms with Crippen LogP contribution in [0.5, 0.6) is 5.75 Å². The first kappa shape index (κ1) is 19.0. The highest BCUT2D eigenvalue weighted by Gasteiger charge is 2.16. The molecule has 4 aromatic rings. The number of hydrogen-bond donors (Lipinski definition) is 1. The van der Waals surface area contributed by atoms with E-state index in [9.17, 15) is 4.79 Å². The van der Waals surface area contributed by atoms with Crippen LogP contribution in [-0.2, 0) is 13.1 Å². The Morgan fingerprint density at radius 2 is 1.59 bits per heavy atom. The first-order valence-electron chi connectivity index (χ1n) is 9.66. The van der Waals surface area contributed by atoms with Crippen LogP contribution in [0.4, 0.5) is 0 Å². The van der Waals surface area contributed by atoms with E-state index in [-0.39, 0.29) is 5.43 Å². The molecular formula is C25H24N2O2. The highest BCUT2D eigenvalue weighted by atomic mass is 16.5. The fourth-order valence-electron chi connectivity index (χ4n) is 3.66. The lowest BCUT2D eigenvalue weighted by Crippen LogP contribution is -2.23. The molecule has 0 spiro atoms. The number of fused-ring (bicyclic) bond motifs is 1. The third kappa shape index (κ3) is 4.08. The maximum atomic E-state index is 13.5. The van der Waals surface area contributed by atoms with Gasteiger partial charge in [0.15, 0.2) is 5.43 Å². The van der Waals surface area contributed by atoms with Crippen molar-refractivity contribution < 1.29 is 4.74 Å². The number of H-pyrrole nitrogens is 1. The number of nitrogens with one attached hydrogen (secondary N) is 1. The molecule has 0 saturated carbocycles. The van der Waals surface area contributed by atoms with Gasteiger partial charge in [-0.15, -0.1) is 0 Å². The molecule has 0 unspecified atom stereocenters. The summed E-state index contributed by atoms with van der Waals surface area (Å²) in [5.41, 5.74) is 4.70. The van der Waals surface area contributed by atoms with Gasteiger partial charge in [-0.25, -0.2) is 0 Å². The number of pyridine rings is 1. The molecule has 0 aliphatic rings. The number of aromatic amines is 1. The van der Waals surface area contributed by atoms with Gasteiger partial charge in [0.25, 0.3) is 0 Å². The predicted molar refractivity (Wildman–Crippen MR) is 118 cm³/mol. The zero-order valence-electron chi connectivity index (χ0n) is 16.7. The molecule has 0 radical (unpaired) electrons. The topological polar surface area (TPSA) is 45.3 Å². The van der Waals surface area contributed by atoms with Crippen molar-refractivity contribution in [3.63, 3.8) is 0 Å². The number of rotatable bonds is 6. The van der Waals surface area contributed by atoms with Gasteiger partial charge < -0.3 is 9.72 Å². The smallest absolute Gasteiger partial charge is 0.194 e. The molecule has 146 valence electrons. The van der Waals surface area contributed by atoms with Crippen molar-refractivity contribution in [3.8, 4) is 17.0 Å². The minimum absolute atomic E-state index is 0.0383. The van der Waals surface area contributed by atoms with E-state index in [1.165, 1.54) is 5.56 Å². The van der Waals surface area contributed by atoms with E-state index in [4.69, 9.17) is 4.74 Å². The van der Waals surface area contributed by atoms with Crippen LogP contribution < -0.4 is 10.2 Å². The van der Waals surface area contributed by atoms with Gasteiger partial charge in [-0.2, -0.15) is 0 Å². The normalized spacial score (nSPS) is 11.1. The lowest BCUT2D eigenvalue weighted by Gasteiger charge is -2.19. The second kappa shape index (κ2) is 8.33. The van der Waals surface area contributed by atoms with Gasteiger partial charge in [-0.05, 0) is 36.4 Å². The monoisotopic (exact) mass is 384 g/mol. The third-order valence-corrected chi connectivity index (χ3v) is 5.09. The number of ether oxygens (including phenoxy) is 1. The standard InChI is InChI=1S/C25H24N2O2/c1-27(16-18-9-5-3-6-10-18)17-22-24(19-11-7-4-8-12-19)26-23-14-13-20(29-2)15-21(23)25(22)28/h3-15H,16-17H2,1-2H3,(H,26,28). The molecule has 0 fully saturated rings. The van der Waals surface area contributed by atoms with Crippen molar-refractivity contribution in [2.75, 3.05) is 14.2 Å². The summed E-state index contributed by atoms with van der Waals surface area (Å²) in [6, 6.07) is 25.9. The van der Waals surface area contributed by atoms with Crippen molar-refractivity contribution >= 4 is 10.9 Å². The molecule has 0 saturated heterocycles. The Morgan fingerprint density at radius 3 is 2.28 bits per heavy atom. The first-order valence-corrected chi connectivity index (χ1v) is 9.66. The SMILES string of the molecule is COc1ccc2[nH]c(-c3ccccc3)c(CN(C)Cc3ccccc3)c(=O)c2c1. The Hall–Kier alpha value is -3.37. The zero-order valence-corrected chi connectivity index (χ0v) is 16.7. The van der Waals surface area contributed by atoms with Crippen LogP contribution in [0.15, 0.2) is 83.7 Å². The lowest BCUT2D eigenvalue weighted by atomic mass is 10.0. The predicted octanol–water partition coefficient (Wildman–Crippen LogP) is 4.84. The number of aromatic nitrogens is 1. The van der Waals surface area contributed by atoms with Gasteiger partial charge in [0, 0.05) is 24.0 Å². The molecule has 0 aliphatic heterocycles. The number of methoxy groups -OCH3 is 1. The van der Waals surface area contributed by atoms with Crippen LogP contribution in [0, 0.1) is 0 Å². The van der Waals surface area contributed by atoms with Gasteiger partial charge in [0.2, 0.25) is 0 Å². The summed E-state index contributed by atoms with van der Waals surface area (Å²) in [4.78, 5) is 19.1. The number of benzene rings is 3. The molecule has 4 rings (SSSR count). The van der Waals surface area contributed by atoms with E-state index in [1.54, 1.807) is 7.11 Å². The molecule has 0 bridgehead atoms. The Morgan fingerprint density at radius 1 is 0.897 bits per heavy atom. The molecule has 0 amide bonds. The highest BCUT2D eigenvalue weighted by molar-refractivity contribution is 5.84. The summed E-state index contributed by atoms with van der Waals surface area (Å²) in [5, 5.41) is 0.646. The van der Waals surface area contributed by atoms with Crippen LogP contribution >= 0.6 is 0 Å². The Bertz CT molecular complexity index is 1170. The van der Waals surface area contributed by atoms with E-state index >= 15 is 0 Å². The Labute approximate surface area is 170 Å². The van der Waals surface area contributed by atoms with Crippen LogP contribution in [0.25, 0.3) is 22.2 Å². The summed E-state index contributed by atoms with van der Waals surface area (Å²) in [6.07, 6.45) is 0. The summed E-state index contributed by atoms with van der Waals surface area (Å²) in [7, 11) is 3.65. The lowest BCUT2D eigenvalue weighted by molar-refractivity contribution is 0.318. The highest BCUT2D eigenvalue weighted by Crippen LogP contribution is 2.25. The van der Waals surface area contributed by atoms with Gasteiger partial charge in [0.1, 0.15) is 5.75 Å². The van der Waals surface area contributed by atoms with Crippen LogP contribution in [0.1, 0.15) is 11.1 Å². The van der Waals surface area contributed by atoms with Crippen molar-refractivity contribution in [1.82, 2.24) is 9.88 Å². The molecule has 1 aromatic heterocycles. The number of nitrogens with zero attached hydrogens (tertiary/aromatic N) is 1. The minimum Gasteiger partial charge on any atom is -0.497 e. The van der Waals surface area contributed by atoms with E-state index in [1.807, 2.05) is 73.8 Å². The maximum Gasteiger partial charge on any atom is 0.194 e. The van der Waals surface area contributed by atoms with Crippen LogP contribution in [0.2, 0.25) is 0 Å². The van der Waals surface area contributed by atoms with E-state index < -0.39 is 0 Å². The summed E-state index contributed by atoms with van der Waals surface area (Å²) in [5.74, 6) is 0.680. The molecule has 1 heterocycles. The van der Waals surface area contributed by atoms with Gasteiger partial charge >= 0.3 is 0 Å². The molecule has 0 atom stereocenters. The average molecular weight is 384 g/mol. The molecule has 1 N–H and O–H groups in total. The molecule has 4 heteroatoms. The van der Waals surface area contributed by atoms with Gasteiger partial charge in [-0.3, -0.25) is 9.69 Å². The second-order valence-corrected chi connectivity index (χ2v) is 7.24. The van der Waals surface area contributed by atoms with E-state index in [2.05, 4.69) is 22.0 Å². The number of hydrogen-bond acceptors (Lipinski definition) is 3. The molecule has 0 aliphatic carbocycles. The van der Waals surface area contributed by atoms with Gasteiger partial charge in [0.05, 0.1) is 18.3 Å². The molecule has 29 heavy (non-hydrogen) atoms. The van der Waals surface area contributed by atoms with Crippen molar-refractivity contribution in [3.05, 3.63) is 100 Å². The van der Waals surface area contributed by atoms with Crippen LogP contribution in [-0.4, -0.2) is 24.0 Å². The fraction of sp³-hybridized carbons (Fsp3) is 0.160. The minimum atomic E-state index is 0.0383.